The van der Waals surface area contributed by atoms with Gasteiger partial charge in [-0.2, -0.15) is 5.26 Å². The molecule has 1 fully saturated rings. The van der Waals surface area contributed by atoms with Gasteiger partial charge < -0.3 is 18.8 Å². The lowest BCUT2D eigenvalue weighted by atomic mass is 9.74. The molecule has 0 amide bonds. The molecule has 2 heterocycles. The zero-order valence-electron chi connectivity index (χ0n) is 25.7. The minimum atomic E-state index is -0.453. The van der Waals surface area contributed by atoms with Crippen molar-refractivity contribution in [3.05, 3.63) is 105 Å². The molecule has 9 heteroatoms. The largest absolute Gasteiger partial charge is 0.495 e. The first-order valence-electron chi connectivity index (χ1n) is 14.4. The third-order valence-corrected chi connectivity index (χ3v) is 8.81. The third-order valence-electron chi connectivity index (χ3n) is 8.51. The number of aldehydes is 1. The van der Waals surface area contributed by atoms with Crippen molar-refractivity contribution in [3.63, 3.8) is 0 Å². The molecule has 1 saturated heterocycles. The van der Waals surface area contributed by atoms with E-state index in [0.29, 0.717) is 39.5 Å². The number of nitrogens with zero attached hydrogens (tertiary/aromatic N) is 2. The van der Waals surface area contributed by atoms with Crippen LogP contribution in [0.5, 0.6) is 11.5 Å². The number of ether oxygens (including phenoxy) is 2. The lowest BCUT2D eigenvalue weighted by Crippen LogP contribution is -2.41. The van der Waals surface area contributed by atoms with Crippen molar-refractivity contribution in [2.75, 3.05) is 0 Å². The SMILES string of the molecule is C.Cc1c(COc2cc(OCc3cncc(C#N)c3)c(C=O)cc2Cl)cccc1-c1cccc(B2OC(C)(C)C(C)(C)O2)c1C. The fraction of sp³-hybridized carbons (Fsp3) is 0.306. The van der Waals surface area contributed by atoms with E-state index in [1.165, 1.54) is 12.3 Å². The second-order valence-corrected chi connectivity index (χ2v) is 12.3. The molecular formula is C36H38BClN2O5. The minimum absolute atomic E-state index is 0. The molecule has 3 aromatic carbocycles. The summed E-state index contributed by atoms with van der Waals surface area (Å²) in [6.07, 6.45) is 3.77. The predicted molar refractivity (Wildman–Crippen MR) is 178 cm³/mol. The fourth-order valence-corrected chi connectivity index (χ4v) is 5.35. The predicted octanol–water partition coefficient (Wildman–Crippen LogP) is 7.80. The van der Waals surface area contributed by atoms with E-state index in [0.717, 1.165) is 33.3 Å². The monoisotopic (exact) mass is 624 g/mol. The Morgan fingerprint density at radius 3 is 2.22 bits per heavy atom. The Kier molecular flexibility index (Phi) is 10.1. The van der Waals surface area contributed by atoms with E-state index in [1.807, 2.05) is 18.2 Å². The molecule has 7 nitrogen and oxygen atoms in total. The first-order valence-corrected chi connectivity index (χ1v) is 14.7. The number of rotatable bonds is 9. The average Bonchev–Trinajstić information content (AvgIpc) is 3.22. The number of carbonyl (C=O) groups excluding carboxylic acids is 1. The van der Waals surface area contributed by atoms with Crippen LogP contribution in [-0.4, -0.2) is 29.6 Å². The van der Waals surface area contributed by atoms with Crippen LogP contribution in [0.15, 0.2) is 67.0 Å². The molecule has 0 aliphatic carbocycles. The van der Waals surface area contributed by atoms with Gasteiger partial charge in [-0.1, -0.05) is 55.4 Å². The molecule has 45 heavy (non-hydrogen) atoms. The summed E-state index contributed by atoms with van der Waals surface area (Å²) < 4.78 is 24.8. The molecule has 0 radical (unpaired) electrons. The van der Waals surface area contributed by atoms with Gasteiger partial charge >= 0.3 is 7.12 Å². The summed E-state index contributed by atoms with van der Waals surface area (Å²) in [7, 11) is -0.453. The number of pyridine rings is 1. The van der Waals surface area contributed by atoms with E-state index in [-0.39, 0.29) is 20.6 Å². The maximum absolute atomic E-state index is 11.7. The van der Waals surface area contributed by atoms with E-state index in [4.69, 9.17) is 35.6 Å². The Bertz CT molecular complexity index is 1750. The molecule has 0 atom stereocenters. The van der Waals surface area contributed by atoms with Crippen LogP contribution in [0, 0.1) is 25.2 Å². The number of carbonyl (C=O) groups is 1. The van der Waals surface area contributed by atoms with E-state index in [9.17, 15) is 4.79 Å². The molecule has 1 aliphatic heterocycles. The van der Waals surface area contributed by atoms with Gasteiger partial charge in [-0.15, -0.1) is 0 Å². The second-order valence-electron chi connectivity index (χ2n) is 11.9. The summed E-state index contributed by atoms with van der Waals surface area (Å²) in [6.45, 7) is 12.8. The summed E-state index contributed by atoms with van der Waals surface area (Å²) in [5.41, 5.74) is 6.90. The van der Waals surface area contributed by atoms with Gasteiger partial charge in [-0.25, -0.2) is 0 Å². The highest BCUT2D eigenvalue weighted by molar-refractivity contribution is 6.62. The van der Waals surface area contributed by atoms with E-state index >= 15 is 0 Å². The maximum Gasteiger partial charge on any atom is 0.495 e. The molecule has 0 N–H and O–H groups in total. The van der Waals surface area contributed by atoms with Crippen LogP contribution in [0.25, 0.3) is 11.1 Å². The fourth-order valence-electron chi connectivity index (χ4n) is 5.12. The highest BCUT2D eigenvalue weighted by atomic mass is 35.5. The lowest BCUT2D eigenvalue weighted by molar-refractivity contribution is 0.00578. The summed E-state index contributed by atoms with van der Waals surface area (Å²) in [5.74, 6) is 0.710. The molecular weight excluding hydrogens is 587 g/mol. The molecule has 0 spiro atoms. The van der Waals surface area contributed by atoms with Crippen LogP contribution >= 0.6 is 11.6 Å². The van der Waals surface area contributed by atoms with Crippen LogP contribution in [0.3, 0.4) is 0 Å². The van der Waals surface area contributed by atoms with Crippen LogP contribution in [-0.2, 0) is 22.5 Å². The molecule has 0 bridgehead atoms. The Hall–Kier alpha value is -4.16. The van der Waals surface area contributed by atoms with Gasteiger partial charge in [0.2, 0.25) is 0 Å². The summed E-state index contributed by atoms with van der Waals surface area (Å²) in [4.78, 5) is 15.8. The molecule has 1 aliphatic rings. The molecule has 5 rings (SSSR count). The highest BCUT2D eigenvalue weighted by Crippen LogP contribution is 2.38. The molecule has 0 unspecified atom stereocenters. The van der Waals surface area contributed by atoms with E-state index in [1.54, 1.807) is 18.3 Å². The van der Waals surface area contributed by atoms with Gasteiger partial charge in [0, 0.05) is 24.0 Å². The van der Waals surface area contributed by atoms with Crippen molar-refractivity contribution in [3.8, 4) is 28.7 Å². The molecule has 232 valence electrons. The zero-order valence-corrected chi connectivity index (χ0v) is 26.5. The van der Waals surface area contributed by atoms with E-state index < -0.39 is 18.3 Å². The van der Waals surface area contributed by atoms with Crippen molar-refractivity contribution < 1.29 is 23.6 Å². The second kappa shape index (κ2) is 13.5. The van der Waals surface area contributed by atoms with Crippen molar-refractivity contribution in [1.29, 1.82) is 5.26 Å². The van der Waals surface area contributed by atoms with Gasteiger partial charge in [0.15, 0.2) is 6.29 Å². The summed E-state index contributed by atoms with van der Waals surface area (Å²) in [5, 5.41) is 9.44. The zero-order chi connectivity index (χ0) is 31.6. The van der Waals surface area contributed by atoms with Gasteiger partial charge in [-0.3, -0.25) is 9.78 Å². The smallest absolute Gasteiger partial charge is 0.488 e. The number of halogens is 1. The van der Waals surface area contributed by atoms with Crippen LogP contribution in [0.1, 0.15) is 73.3 Å². The van der Waals surface area contributed by atoms with Gasteiger partial charge in [-0.05, 0) is 87.0 Å². The van der Waals surface area contributed by atoms with E-state index in [2.05, 4.69) is 70.8 Å². The van der Waals surface area contributed by atoms with Gasteiger partial charge in [0.05, 0.1) is 27.4 Å². The summed E-state index contributed by atoms with van der Waals surface area (Å²) >= 11 is 6.50. The Morgan fingerprint density at radius 1 is 0.911 bits per heavy atom. The molecule has 0 saturated carbocycles. The standard InChI is InChI=1S/C35H34BClN2O5.CH4/c1-22-26(9-7-10-28(22)29-11-8-12-30(23(29)2)36-43-34(3,4)35(5,6)44-36)21-42-33-15-32(27(19-40)14-31(33)37)41-20-25-13-24(16-38)17-39-18-25;/h7-15,17-19H,20-21H2,1-6H3;1H4. The number of hydrogen-bond acceptors (Lipinski definition) is 7. The normalized spacial score (nSPS) is 14.8. The number of nitriles is 1. The minimum Gasteiger partial charge on any atom is -0.488 e. The van der Waals surface area contributed by atoms with Gasteiger partial charge in [0.25, 0.3) is 0 Å². The van der Waals surface area contributed by atoms with Gasteiger partial charge in [0.1, 0.15) is 30.8 Å². The number of benzene rings is 3. The number of hydrogen-bond donors (Lipinski definition) is 0. The van der Waals surface area contributed by atoms with Crippen LogP contribution in [0.2, 0.25) is 5.02 Å². The van der Waals surface area contributed by atoms with Crippen molar-refractivity contribution in [2.45, 2.75) is 73.4 Å². The topological polar surface area (TPSA) is 90.7 Å². The molecule has 4 aromatic rings. The van der Waals surface area contributed by atoms with Crippen LogP contribution < -0.4 is 14.9 Å². The average molecular weight is 625 g/mol. The molecule has 1 aromatic heterocycles. The Morgan fingerprint density at radius 2 is 1.56 bits per heavy atom. The highest BCUT2D eigenvalue weighted by Gasteiger charge is 2.52. The third kappa shape index (κ3) is 6.91. The first-order chi connectivity index (χ1) is 20.9. The Labute approximate surface area is 271 Å². The summed E-state index contributed by atoms with van der Waals surface area (Å²) in [6, 6.07) is 19.2. The quantitative estimate of drug-likeness (QED) is 0.139. The van der Waals surface area contributed by atoms with Crippen molar-refractivity contribution >= 4 is 30.5 Å². The lowest BCUT2D eigenvalue weighted by Gasteiger charge is -2.32. The maximum atomic E-state index is 11.7. The van der Waals surface area contributed by atoms with Crippen molar-refractivity contribution in [2.24, 2.45) is 0 Å². The first kappa shape index (κ1) is 33.7. The van der Waals surface area contributed by atoms with Crippen LogP contribution in [0.4, 0.5) is 0 Å². The van der Waals surface area contributed by atoms with Crippen molar-refractivity contribution in [1.82, 2.24) is 4.98 Å². The Balaban J connectivity index is 0.00000461. The number of aromatic nitrogens is 1.